The number of hydrogen-bond donors (Lipinski definition) is 2. The first kappa shape index (κ1) is 26.8. The van der Waals surface area contributed by atoms with Gasteiger partial charge in [-0.25, -0.2) is 9.59 Å². The molecule has 0 aliphatic carbocycles. The van der Waals surface area contributed by atoms with Crippen LogP contribution in [0, 0.1) is 0 Å². The van der Waals surface area contributed by atoms with E-state index in [1.54, 1.807) is 0 Å². The summed E-state index contributed by atoms with van der Waals surface area (Å²) in [5.74, 6) is -2.51. The van der Waals surface area contributed by atoms with Gasteiger partial charge >= 0.3 is 11.9 Å². The average Bonchev–Trinajstić information content (AvgIpc) is 3.37. The van der Waals surface area contributed by atoms with Gasteiger partial charge in [-0.15, -0.1) is 0 Å². The Morgan fingerprint density at radius 1 is 0.865 bits per heavy atom. The van der Waals surface area contributed by atoms with Crippen molar-refractivity contribution in [2.45, 2.75) is 28.7 Å². The number of carbonyl (C=O) groups is 2. The number of likely N-dealkylation sites (tertiary alicyclic amines) is 1. The van der Waals surface area contributed by atoms with Gasteiger partial charge in [0.25, 0.3) is 0 Å². The lowest BCUT2D eigenvalue weighted by atomic mass is 9.96. The molecular formula is C29H29ClN2O4S. The molecule has 0 spiro atoms. The Hall–Kier alpha value is -3.26. The maximum absolute atomic E-state index is 9.55. The van der Waals surface area contributed by atoms with Gasteiger partial charge in [0.1, 0.15) is 0 Å². The van der Waals surface area contributed by atoms with Crippen LogP contribution in [0.25, 0.3) is 0 Å². The van der Waals surface area contributed by atoms with Crippen molar-refractivity contribution in [2.24, 2.45) is 0 Å². The van der Waals surface area contributed by atoms with Crippen molar-refractivity contribution in [3.63, 3.8) is 0 Å². The molecule has 6 nitrogen and oxygen atoms in total. The Bertz CT molecular complexity index is 1250. The third-order valence-corrected chi connectivity index (χ3v) is 7.71. The predicted molar refractivity (Wildman–Crippen MR) is 148 cm³/mol. The molecule has 1 unspecified atom stereocenters. The summed E-state index contributed by atoms with van der Waals surface area (Å²) < 4.78 is 0. The molecular weight excluding hydrogens is 508 g/mol. The highest BCUT2D eigenvalue weighted by molar-refractivity contribution is 7.99. The number of halogens is 1. The molecule has 37 heavy (non-hydrogen) atoms. The lowest BCUT2D eigenvalue weighted by molar-refractivity contribution is -0.134. The minimum absolute atomic E-state index is 0.183. The molecule has 0 radical (unpaired) electrons. The minimum atomic E-state index is -1.26. The summed E-state index contributed by atoms with van der Waals surface area (Å²) in [4.78, 5) is 26.9. The molecule has 1 atom stereocenters. The molecule has 0 bridgehead atoms. The number of rotatable bonds is 6. The van der Waals surface area contributed by atoms with Crippen LogP contribution in [-0.2, 0) is 9.59 Å². The number of nitrogens with zero attached hydrogens (tertiary/aromatic N) is 2. The number of hydrogen-bond acceptors (Lipinski definition) is 5. The molecule has 5 rings (SSSR count). The Balaban J connectivity index is 0.000000349. The van der Waals surface area contributed by atoms with Crippen molar-refractivity contribution >= 4 is 41.0 Å². The molecule has 1 saturated heterocycles. The molecule has 2 heterocycles. The molecule has 2 N–H and O–H groups in total. The van der Waals surface area contributed by atoms with E-state index < -0.39 is 11.9 Å². The van der Waals surface area contributed by atoms with Crippen molar-refractivity contribution < 1.29 is 19.8 Å². The molecule has 192 valence electrons. The van der Waals surface area contributed by atoms with E-state index in [9.17, 15) is 9.59 Å². The van der Waals surface area contributed by atoms with Crippen LogP contribution in [0.5, 0.6) is 0 Å². The van der Waals surface area contributed by atoms with E-state index in [-0.39, 0.29) is 6.04 Å². The number of benzene rings is 3. The lowest BCUT2D eigenvalue weighted by Gasteiger charge is -2.35. The standard InChI is InChI=1S/C25H25ClN2S.C4H4O4/c26-20-12-13-24-22(18-20)28(17-16-27-14-6-7-15-27)25(19-8-2-1-3-9-19)21-10-4-5-11-23(21)29-24;5-3(6)1-2-4(7)8/h1-5,8-13,18,25H,6-7,14-17H2;1-2H,(H,5,6)(H,7,8)/b;2-1-. The third kappa shape index (κ3) is 7.16. The Morgan fingerprint density at radius 3 is 2.19 bits per heavy atom. The molecule has 0 saturated carbocycles. The van der Waals surface area contributed by atoms with Gasteiger partial charge in [0.05, 0.1) is 11.7 Å². The second-order valence-corrected chi connectivity index (χ2v) is 10.3. The van der Waals surface area contributed by atoms with E-state index in [0.29, 0.717) is 12.2 Å². The van der Waals surface area contributed by atoms with Gasteiger partial charge in [0.2, 0.25) is 0 Å². The summed E-state index contributed by atoms with van der Waals surface area (Å²) >= 11 is 8.34. The van der Waals surface area contributed by atoms with Gasteiger partial charge < -0.3 is 20.0 Å². The fourth-order valence-corrected chi connectivity index (χ4v) is 5.93. The molecule has 3 aromatic carbocycles. The first-order valence-corrected chi connectivity index (χ1v) is 13.4. The number of fused-ring (bicyclic) bond motifs is 2. The topological polar surface area (TPSA) is 81.1 Å². The van der Waals surface area contributed by atoms with Gasteiger partial charge in [-0.1, -0.05) is 71.9 Å². The summed E-state index contributed by atoms with van der Waals surface area (Å²) in [5, 5.41) is 16.4. The number of anilines is 1. The summed E-state index contributed by atoms with van der Waals surface area (Å²) in [6.45, 7) is 4.51. The van der Waals surface area contributed by atoms with Gasteiger partial charge in [0.15, 0.2) is 0 Å². The highest BCUT2D eigenvalue weighted by atomic mass is 35.5. The van der Waals surface area contributed by atoms with Crippen molar-refractivity contribution in [3.05, 3.63) is 101 Å². The smallest absolute Gasteiger partial charge is 0.328 e. The normalized spacial score (nSPS) is 16.9. The van der Waals surface area contributed by atoms with Crippen molar-refractivity contribution in [1.82, 2.24) is 4.90 Å². The van der Waals surface area contributed by atoms with E-state index in [1.165, 1.54) is 52.5 Å². The summed E-state index contributed by atoms with van der Waals surface area (Å²) in [5.41, 5.74) is 3.94. The third-order valence-electron chi connectivity index (χ3n) is 6.32. The Kier molecular flexibility index (Phi) is 9.28. The van der Waals surface area contributed by atoms with Crippen LogP contribution in [-0.4, -0.2) is 53.2 Å². The van der Waals surface area contributed by atoms with Crippen LogP contribution in [0.1, 0.15) is 30.0 Å². The van der Waals surface area contributed by atoms with Crippen molar-refractivity contribution in [1.29, 1.82) is 0 Å². The summed E-state index contributed by atoms with van der Waals surface area (Å²) in [7, 11) is 0. The van der Waals surface area contributed by atoms with Crippen LogP contribution in [0.4, 0.5) is 5.69 Å². The van der Waals surface area contributed by atoms with Gasteiger partial charge in [-0.2, -0.15) is 0 Å². The van der Waals surface area contributed by atoms with E-state index in [4.69, 9.17) is 21.8 Å². The van der Waals surface area contributed by atoms with Crippen LogP contribution in [0.15, 0.2) is 94.7 Å². The predicted octanol–water partition coefficient (Wildman–Crippen LogP) is 6.21. The second kappa shape index (κ2) is 12.8. The zero-order valence-corrected chi connectivity index (χ0v) is 21.9. The van der Waals surface area contributed by atoms with Crippen molar-refractivity contribution in [3.8, 4) is 0 Å². The Labute approximate surface area is 226 Å². The molecule has 3 aromatic rings. The zero-order valence-electron chi connectivity index (χ0n) is 20.3. The van der Waals surface area contributed by atoms with E-state index in [0.717, 1.165) is 18.1 Å². The highest BCUT2D eigenvalue weighted by Gasteiger charge is 2.30. The lowest BCUT2D eigenvalue weighted by Crippen LogP contribution is -2.37. The van der Waals surface area contributed by atoms with Crippen LogP contribution >= 0.6 is 23.4 Å². The minimum Gasteiger partial charge on any atom is -0.478 e. The maximum atomic E-state index is 9.55. The number of carboxylic acids is 2. The quantitative estimate of drug-likeness (QED) is 0.362. The van der Waals surface area contributed by atoms with Gasteiger partial charge in [0, 0.05) is 40.1 Å². The van der Waals surface area contributed by atoms with E-state index in [2.05, 4.69) is 76.5 Å². The Morgan fingerprint density at radius 2 is 1.51 bits per heavy atom. The fourth-order valence-electron chi connectivity index (χ4n) is 4.67. The molecule has 8 heteroatoms. The molecule has 1 fully saturated rings. The van der Waals surface area contributed by atoms with Gasteiger partial charge in [-0.3, -0.25) is 0 Å². The van der Waals surface area contributed by atoms with Gasteiger partial charge in [-0.05, 0) is 61.3 Å². The SMILES string of the molecule is Clc1ccc2c(c1)N(CCN1CCCC1)C(c1ccccc1)c1ccccc1S2.O=C(O)/C=C\C(=O)O. The second-order valence-electron chi connectivity index (χ2n) is 8.82. The molecule has 0 aromatic heterocycles. The van der Waals surface area contributed by atoms with E-state index >= 15 is 0 Å². The highest BCUT2D eigenvalue weighted by Crippen LogP contribution is 2.48. The summed E-state index contributed by atoms with van der Waals surface area (Å²) in [6, 6.07) is 26.3. The molecule has 2 aliphatic heterocycles. The van der Waals surface area contributed by atoms with Crippen LogP contribution in [0.3, 0.4) is 0 Å². The van der Waals surface area contributed by atoms with Crippen LogP contribution in [0.2, 0.25) is 5.02 Å². The zero-order chi connectivity index (χ0) is 26.2. The monoisotopic (exact) mass is 536 g/mol. The number of aliphatic carboxylic acids is 2. The first-order valence-electron chi connectivity index (χ1n) is 12.2. The largest absolute Gasteiger partial charge is 0.478 e. The summed E-state index contributed by atoms with van der Waals surface area (Å²) in [6.07, 6.45) is 3.76. The first-order chi connectivity index (χ1) is 17.9. The number of carboxylic acid groups (broad SMARTS) is 2. The van der Waals surface area contributed by atoms with Crippen molar-refractivity contribution in [2.75, 3.05) is 31.1 Å². The van der Waals surface area contributed by atoms with Crippen LogP contribution < -0.4 is 4.90 Å². The molecule has 0 amide bonds. The average molecular weight is 537 g/mol. The fraction of sp³-hybridized carbons (Fsp3) is 0.241. The maximum Gasteiger partial charge on any atom is 0.328 e. The molecule has 2 aliphatic rings. The van der Waals surface area contributed by atoms with E-state index in [1.807, 2.05) is 17.8 Å².